The zero-order valence-corrected chi connectivity index (χ0v) is 11.1. The number of rotatable bonds is 14. The molecular weight excluding hydrogens is 208 g/mol. The van der Waals surface area contributed by atoms with Crippen LogP contribution in [0.2, 0.25) is 0 Å². The number of hydrogen-bond acceptors (Lipinski definition) is 1. The van der Waals surface area contributed by atoms with Gasteiger partial charge in [0.15, 0.2) is 0 Å². The Morgan fingerprint density at radius 2 is 1.24 bits per heavy atom. The second kappa shape index (κ2) is 16.0. The number of aliphatic hydroxyl groups is 1. The Labute approximate surface area is 122 Å². The Hall–Kier alpha value is -0.0400. The van der Waals surface area contributed by atoms with Gasteiger partial charge in [-0.1, -0.05) is 90.3 Å². The van der Waals surface area contributed by atoms with E-state index in [1.54, 1.807) is 0 Å². The molecule has 0 spiro atoms. The lowest BCUT2D eigenvalue weighted by atomic mass is 10.0. The zero-order chi connectivity index (χ0) is 20.6. The fourth-order valence-corrected chi connectivity index (χ4v) is 1.74. The van der Waals surface area contributed by atoms with Crippen LogP contribution in [-0.4, -0.2) is 11.7 Å². The highest BCUT2D eigenvalue weighted by Gasteiger charge is 1.93. The zero-order valence-electron chi connectivity index (χ0n) is 20.1. The molecule has 1 atom stereocenters. The van der Waals surface area contributed by atoms with Crippen molar-refractivity contribution in [2.75, 3.05) is 6.56 Å². The van der Waals surface area contributed by atoms with Gasteiger partial charge in [-0.25, -0.2) is 0 Å². The van der Waals surface area contributed by atoms with E-state index in [1.165, 1.54) is 25.7 Å². The molecule has 0 radical (unpaired) electrons. The van der Waals surface area contributed by atoms with E-state index < -0.39 is 32.1 Å². The Kier molecular flexibility index (Phi) is 6.51. The average molecular weight is 252 g/mol. The highest BCUT2D eigenvalue weighted by atomic mass is 16.2. The van der Waals surface area contributed by atoms with E-state index in [1.807, 2.05) is 0 Å². The van der Waals surface area contributed by atoms with Gasteiger partial charge in [-0.15, -0.1) is 0 Å². The van der Waals surface area contributed by atoms with Gasteiger partial charge in [0, 0.05) is 16.2 Å². The third-order valence-corrected chi connectivity index (χ3v) is 2.74. The molecule has 0 aromatic heterocycles. The third-order valence-electron chi connectivity index (χ3n) is 2.74. The van der Waals surface area contributed by atoms with Crippen molar-refractivity contribution < 1.29 is 17.4 Å². The van der Waals surface area contributed by atoms with Crippen LogP contribution in [0.5, 0.6) is 0 Å². The highest BCUT2D eigenvalue weighted by Crippen LogP contribution is 2.12. The smallest absolute Gasteiger partial charge is 0.0564 e. The summed E-state index contributed by atoms with van der Waals surface area (Å²) in [6.45, 7) is -1.39. The van der Waals surface area contributed by atoms with Gasteiger partial charge in [0.1, 0.15) is 0 Å². The first-order valence-corrected chi connectivity index (χ1v) is 6.88. The van der Waals surface area contributed by atoms with Crippen LogP contribution in [0.4, 0.5) is 0 Å². The summed E-state index contributed by atoms with van der Waals surface area (Å²) >= 11 is 0. The van der Waals surface area contributed by atoms with E-state index >= 15 is 0 Å². The van der Waals surface area contributed by atoms with Crippen molar-refractivity contribution in [1.29, 1.82) is 0 Å². The Bertz CT molecular complexity index is 394. The Morgan fingerprint density at radius 1 is 0.706 bits per heavy atom. The summed E-state index contributed by atoms with van der Waals surface area (Å²) in [5.74, 6) is 0. The van der Waals surface area contributed by atoms with E-state index in [-0.39, 0.29) is 6.42 Å². The van der Waals surface area contributed by atoms with Gasteiger partial charge < -0.3 is 5.11 Å². The van der Waals surface area contributed by atoms with Crippen molar-refractivity contribution in [3.63, 3.8) is 0 Å². The van der Waals surface area contributed by atoms with E-state index in [4.69, 9.17) is 12.3 Å². The van der Waals surface area contributed by atoms with Crippen molar-refractivity contribution in [3.8, 4) is 0 Å². The maximum absolute atomic E-state index is 9.27. The van der Waals surface area contributed by atoms with Crippen molar-refractivity contribution in [3.05, 3.63) is 0 Å². The molecule has 0 aromatic carbocycles. The molecule has 0 aromatic rings. The van der Waals surface area contributed by atoms with Gasteiger partial charge in [0.25, 0.3) is 0 Å². The van der Waals surface area contributed by atoms with Gasteiger partial charge in [0.2, 0.25) is 0 Å². The van der Waals surface area contributed by atoms with Crippen LogP contribution in [0.3, 0.4) is 0 Å². The molecular formula is C16H34O. The summed E-state index contributed by atoms with van der Waals surface area (Å²) in [5.41, 5.74) is 0. The maximum atomic E-state index is 9.27. The minimum Gasteiger partial charge on any atom is -0.396 e. The van der Waals surface area contributed by atoms with Crippen LogP contribution < -0.4 is 0 Å². The van der Waals surface area contributed by atoms with Crippen molar-refractivity contribution in [1.82, 2.24) is 0 Å². The van der Waals surface area contributed by atoms with Gasteiger partial charge in [0.05, 0.1) is 2.74 Å². The topological polar surface area (TPSA) is 20.2 Å². The lowest BCUT2D eigenvalue weighted by Gasteiger charge is -2.02. The first-order valence-electron chi connectivity index (χ1n) is 11.5. The lowest BCUT2D eigenvalue weighted by molar-refractivity contribution is 0.282. The minimum atomic E-state index is -3.55. The van der Waals surface area contributed by atoms with Crippen molar-refractivity contribution in [2.45, 2.75) is 96.6 Å². The second-order valence-electron chi connectivity index (χ2n) is 4.33. The molecule has 1 N–H and O–H groups in total. The van der Waals surface area contributed by atoms with Gasteiger partial charge >= 0.3 is 0 Å². The number of unbranched alkanes of at least 4 members (excludes halogenated alkanes) is 8. The summed E-state index contributed by atoms with van der Waals surface area (Å²) in [5, 5.41) is 9.27. The van der Waals surface area contributed by atoms with E-state index in [0.29, 0.717) is 6.42 Å². The predicted octanol–water partition coefficient (Wildman–Crippen LogP) is 5.46. The van der Waals surface area contributed by atoms with Crippen LogP contribution in [0.1, 0.15) is 109 Å². The molecule has 0 aliphatic heterocycles. The maximum Gasteiger partial charge on any atom is 0.0564 e. The highest BCUT2D eigenvalue weighted by molar-refractivity contribution is 4.48. The predicted molar refractivity (Wildman–Crippen MR) is 77.4 cm³/mol. The van der Waals surface area contributed by atoms with Crippen LogP contribution in [0.15, 0.2) is 0 Å². The summed E-state index contributed by atoms with van der Waals surface area (Å²) in [6, 6.07) is 0. The van der Waals surface area contributed by atoms with Gasteiger partial charge in [-0.3, -0.25) is 0 Å². The lowest BCUT2D eigenvalue weighted by Crippen LogP contribution is -1.84. The Balaban J connectivity index is 4.45. The van der Waals surface area contributed by atoms with Crippen molar-refractivity contribution in [2.24, 2.45) is 0 Å². The second-order valence-corrected chi connectivity index (χ2v) is 4.33. The fraction of sp³-hybridized carbons (Fsp3) is 1.00. The molecule has 0 heterocycles. The molecule has 104 valence electrons. The molecule has 1 heteroatoms. The summed E-state index contributed by atoms with van der Waals surface area (Å²) in [4.78, 5) is 0. The van der Waals surface area contributed by atoms with Gasteiger partial charge in [-0.05, 0) is 6.37 Å². The van der Waals surface area contributed by atoms with Gasteiger partial charge in [-0.2, -0.15) is 0 Å². The summed E-state index contributed by atoms with van der Waals surface area (Å²) in [6.07, 6.45) is -1.83. The molecule has 0 saturated heterocycles. The monoisotopic (exact) mass is 251 g/mol. The fourth-order valence-electron chi connectivity index (χ4n) is 1.74. The molecule has 1 unspecified atom stereocenters. The first kappa shape index (κ1) is 6.93. The normalized spacial score (nSPS) is 24.0. The SMILES string of the molecule is [2H]C(CCCCCCCCCCC)C([2H])([2H])C([2H])([2H])C([2H])([2H])C([2H])([2H])O. The molecule has 0 aliphatic carbocycles. The summed E-state index contributed by atoms with van der Waals surface area (Å²) < 4.78 is 68.3. The molecule has 0 aliphatic rings. The summed E-state index contributed by atoms with van der Waals surface area (Å²) in [7, 11) is 0. The minimum absolute atomic E-state index is 0.0624. The van der Waals surface area contributed by atoms with Crippen LogP contribution in [0.25, 0.3) is 0 Å². The third kappa shape index (κ3) is 16.0. The quantitative estimate of drug-likeness (QED) is 0.406. The molecule has 0 fully saturated rings. The molecule has 17 heavy (non-hydrogen) atoms. The van der Waals surface area contributed by atoms with Crippen LogP contribution in [-0.2, 0) is 0 Å². The standard InChI is InChI=1S/C16H34O/c1-2-3-4-5-6-7-8-9-10-11-12-13-14-15-16-17/h17H,2-16H2,1H3/i12D,13D2,14D2,15D2,16D2. The van der Waals surface area contributed by atoms with E-state index in [2.05, 4.69) is 6.92 Å². The molecule has 0 rings (SSSR count). The van der Waals surface area contributed by atoms with Crippen LogP contribution >= 0.6 is 0 Å². The molecule has 0 bridgehead atoms. The average Bonchev–Trinajstić information content (AvgIpc) is 2.51. The largest absolute Gasteiger partial charge is 0.396 e. The number of hydrogen-bond donors (Lipinski definition) is 1. The van der Waals surface area contributed by atoms with Crippen molar-refractivity contribution >= 4 is 0 Å². The molecule has 0 amide bonds. The Morgan fingerprint density at radius 3 is 1.76 bits per heavy atom. The molecule has 1 nitrogen and oxygen atoms in total. The van der Waals surface area contributed by atoms with Crippen LogP contribution in [0, 0.1) is 0 Å². The van der Waals surface area contributed by atoms with E-state index in [9.17, 15) is 5.11 Å². The molecule has 0 saturated carbocycles. The first-order chi connectivity index (χ1) is 11.7. The van der Waals surface area contributed by atoms with E-state index in [0.717, 1.165) is 25.7 Å².